The molecule has 3 heterocycles. The second-order valence-electron chi connectivity index (χ2n) is 8.20. The maximum atomic E-state index is 12.7. The number of aromatic nitrogens is 3. The smallest absolute Gasteiger partial charge is 0.251 e. The number of rotatable bonds is 5. The van der Waals surface area contributed by atoms with Crippen LogP contribution in [0.4, 0.5) is 0 Å². The molecular weight excluding hydrogens is 408 g/mol. The van der Waals surface area contributed by atoms with Gasteiger partial charge >= 0.3 is 0 Å². The van der Waals surface area contributed by atoms with E-state index in [0.29, 0.717) is 16.9 Å². The lowest BCUT2D eigenvalue weighted by Gasteiger charge is -2.32. The van der Waals surface area contributed by atoms with Gasteiger partial charge in [-0.15, -0.1) is 0 Å². The van der Waals surface area contributed by atoms with Crippen LogP contribution in [0.25, 0.3) is 27.6 Å². The average Bonchev–Trinajstić information content (AvgIpc) is 3.18. The van der Waals surface area contributed by atoms with Gasteiger partial charge in [-0.1, -0.05) is 12.1 Å². The molecule has 8 heteroatoms. The number of aromatic amines is 1. The highest BCUT2D eigenvalue weighted by atomic mass is 32.1. The number of likely N-dealkylation sites (N-methyl/N-ethyl adjacent to an activating group) is 1. The fraction of sp³-hybridized carbons (Fsp3) is 0.348. The molecule has 0 aliphatic carbocycles. The number of nitrogens with one attached hydrogen (secondary N) is 2. The number of hydrogen-bond acceptors (Lipinski definition) is 5. The number of benzene rings is 2. The molecule has 0 saturated carbocycles. The maximum absolute atomic E-state index is 12.7. The third-order valence-corrected chi connectivity index (χ3v) is 6.35. The number of amides is 1. The van der Waals surface area contributed by atoms with Crippen LogP contribution in [0.2, 0.25) is 0 Å². The highest BCUT2D eigenvalue weighted by molar-refractivity contribution is 7.71. The summed E-state index contributed by atoms with van der Waals surface area (Å²) in [5.74, 6) is -0.0621. The van der Waals surface area contributed by atoms with Gasteiger partial charge in [0, 0.05) is 43.7 Å². The molecule has 1 saturated heterocycles. The Morgan fingerprint density at radius 3 is 2.81 bits per heavy atom. The minimum atomic E-state index is -0.0621. The molecule has 1 aliphatic heterocycles. The standard InChI is InChI=1S/C23H26N6OS/c1-27-11-13-28(14-12-27)10-4-9-24-22(30)16-7-8-17-19(15-16)26-23(31)29-20-6-3-2-5-18(20)25-21(17)29/h2-3,5-8,15H,4,9-14H2,1H3,(H,24,30)(H,26,31). The maximum Gasteiger partial charge on any atom is 0.251 e. The lowest BCUT2D eigenvalue weighted by Crippen LogP contribution is -2.45. The van der Waals surface area contributed by atoms with Gasteiger partial charge in [-0.05, 0) is 62.6 Å². The zero-order chi connectivity index (χ0) is 21.4. The van der Waals surface area contributed by atoms with Crippen LogP contribution in [0, 0.1) is 4.77 Å². The van der Waals surface area contributed by atoms with Crippen LogP contribution in [0.3, 0.4) is 0 Å². The fourth-order valence-electron chi connectivity index (χ4n) is 4.25. The van der Waals surface area contributed by atoms with E-state index in [2.05, 4.69) is 27.1 Å². The molecular formula is C23H26N6OS. The van der Waals surface area contributed by atoms with Crippen molar-refractivity contribution in [3.63, 3.8) is 0 Å². The van der Waals surface area contributed by atoms with Gasteiger partial charge in [-0.2, -0.15) is 0 Å². The number of para-hydroxylation sites is 2. The predicted octanol–water partition coefficient (Wildman–Crippen LogP) is 3.07. The summed E-state index contributed by atoms with van der Waals surface area (Å²) >= 11 is 5.59. The molecule has 160 valence electrons. The van der Waals surface area contributed by atoms with Crippen LogP contribution in [0.1, 0.15) is 16.8 Å². The van der Waals surface area contributed by atoms with Gasteiger partial charge in [-0.3, -0.25) is 9.20 Å². The zero-order valence-corrected chi connectivity index (χ0v) is 18.4. The first kappa shape index (κ1) is 20.1. The quantitative estimate of drug-likeness (QED) is 0.373. The van der Waals surface area contributed by atoms with E-state index in [0.717, 1.165) is 66.7 Å². The van der Waals surface area contributed by atoms with E-state index in [1.807, 2.05) is 46.9 Å². The molecule has 0 radical (unpaired) electrons. The van der Waals surface area contributed by atoms with Crippen molar-refractivity contribution >= 4 is 45.7 Å². The summed E-state index contributed by atoms with van der Waals surface area (Å²) in [5.41, 5.74) is 4.12. The molecule has 1 amide bonds. The highest BCUT2D eigenvalue weighted by Crippen LogP contribution is 2.24. The molecule has 1 aliphatic rings. The Hall–Kier alpha value is -2.81. The average molecular weight is 435 g/mol. The van der Waals surface area contributed by atoms with E-state index in [9.17, 15) is 4.79 Å². The third kappa shape index (κ3) is 3.94. The molecule has 7 nitrogen and oxygen atoms in total. The number of carbonyl (C=O) groups excluding carboxylic acids is 1. The molecule has 2 aromatic heterocycles. The van der Waals surface area contributed by atoms with Crippen molar-refractivity contribution in [1.29, 1.82) is 0 Å². The Morgan fingerprint density at radius 2 is 1.97 bits per heavy atom. The van der Waals surface area contributed by atoms with Gasteiger partial charge in [0.25, 0.3) is 5.91 Å². The summed E-state index contributed by atoms with van der Waals surface area (Å²) in [5, 5.41) is 3.99. The molecule has 4 aromatic rings. The van der Waals surface area contributed by atoms with Gasteiger partial charge in [0.05, 0.1) is 16.6 Å². The van der Waals surface area contributed by atoms with E-state index in [1.165, 1.54) is 0 Å². The van der Waals surface area contributed by atoms with E-state index in [-0.39, 0.29) is 5.91 Å². The van der Waals surface area contributed by atoms with Crippen molar-refractivity contribution in [2.75, 3.05) is 46.3 Å². The van der Waals surface area contributed by atoms with Crippen LogP contribution in [-0.2, 0) is 0 Å². The number of piperazine rings is 1. The second-order valence-corrected chi connectivity index (χ2v) is 8.59. The van der Waals surface area contributed by atoms with Gasteiger partial charge < -0.3 is 20.1 Å². The topological polar surface area (TPSA) is 68.7 Å². The van der Waals surface area contributed by atoms with Gasteiger partial charge in [0.15, 0.2) is 4.77 Å². The van der Waals surface area contributed by atoms with Crippen molar-refractivity contribution < 1.29 is 4.79 Å². The summed E-state index contributed by atoms with van der Waals surface area (Å²) in [4.78, 5) is 25.5. The molecule has 0 unspecified atom stereocenters. The Labute approximate surface area is 185 Å². The molecule has 2 N–H and O–H groups in total. The fourth-order valence-corrected chi connectivity index (χ4v) is 4.54. The minimum absolute atomic E-state index is 0.0621. The normalized spacial score (nSPS) is 15.8. The van der Waals surface area contributed by atoms with E-state index in [4.69, 9.17) is 17.2 Å². The lowest BCUT2D eigenvalue weighted by molar-refractivity contribution is 0.0949. The van der Waals surface area contributed by atoms with Crippen LogP contribution in [-0.4, -0.2) is 76.4 Å². The van der Waals surface area contributed by atoms with Crippen molar-refractivity contribution in [1.82, 2.24) is 29.5 Å². The molecule has 0 spiro atoms. The number of fused-ring (bicyclic) bond motifs is 5. The number of nitrogens with zero attached hydrogens (tertiary/aromatic N) is 4. The van der Waals surface area contributed by atoms with Crippen molar-refractivity contribution in [2.24, 2.45) is 0 Å². The number of carbonyl (C=O) groups is 1. The van der Waals surface area contributed by atoms with Gasteiger partial charge in [0.1, 0.15) is 5.65 Å². The predicted molar refractivity (Wildman–Crippen MR) is 126 cm³/mol. The molecule has 0 atom stereocenters. The minimum Gasteiger partial charge on any atom is -0.352 e. The Kier molecular flexibility index (Phi) is 5.43. The molecule has 5 rings (SSSR count). The summed E-state index contributed by atoms with van der Waals surface area (Å²) in [6, 6.07) is 13.6. The summed E-state index contributed by atoms with van der Waals surface area (Å²) in [6.45, 7) is 6.12. The SMILES string of the molecule is CN1CCN(CCCNC(=O)c2ccc3c(c2)[nH]c(=S)n2c4ccccc4nc32)CC1. The number of imidazole rings is 1. The van der Waals surface area contributed by atoms with Crippen LogP contribution in [0.15, 0.2) is 42.5 Å². The first-order chi connectivity index (χ1) is 15.1. The molecule has 2 aromatic carbocycles. The van der Waals surface area contributed by atoms with E-state index in [1.54, 1.807) is 0 Å². The Morgan fingerprint density at radius 1 is 1.16 bits per heavy atom. The van der Waals surface area contributed by atoms with Gasteiger partial charge in [0.2, 0.25) is 0 Å². The van der Waals surface area contributed by atoms with E-state index < -0.39 is 0 Å². The van der Waals surface area contributed by atoms with Gasteiger partial charge in [-0.25, -0.2) is 4.98 Å². The first-order valence-electron chi connectivity index (χ1n) is 10.7. The van der Waals surface area contributed by atoms with Crippen LogP contribution >= 0.6 is 12.2 Å². The van der Waals surface area contributed by atoms with Crippen LogP contribution in [0.5, 0.6) is 0 Å². The van der Waals surface area contributed by atoms with Crippen molar-refractivity contribution in [3.05, 3.63) is 52.8 Å². The zero-order valence-electron chi connectivity index (χ0n) is 17.6. The Balaban J connectivity index is 1.31. The molecule has 0 bridgehead atoms. The summed E-state index contributed by atoms with van der Waals surface area (Å²) in [6.07, 6.45) is 0.951. The summed E-state index contributed by atoms with van der Waals surface area (Å²) < 4.78 is 2.52. The highest BCUT2D eigenvalue weighted by Gasteiger charge is 2.14. The monoisotopic (exact) mass is 434 g/mol. The second kappa shape index (κ2) is 8.37. The van der Waals surface area contributed by atoms with Crippen molar-refractivity contribution in [3.8, 4) is 0 Å². The lowest BCUT2D eigenvalue weighted by atomic mass is 10.1. The molecule has 31 heavy (non-hydrogen) atoms. The van der Waals surface area contributed by atoms with E-state index >= 15 is 0 Å². The number of H-pyrrole nitrogens is 1. The largest absolute Gasteiger partial charge is 0.352 e. The summed E-state index contributed by atoms with van der Waals surface area (Å²) in [7, 11) is 2.16. The number of hydrogen-bond donors (Lipinski definition) is 2. The van der Waals surface area contributed by atoms with Crippen molar-refractivity contribution in [2.45, 2.75) is 6.42 Å². The third-order valence-electron chi connectivity index (χ3n) is 6.06. The molecule has 1 fully saturated rings. The first-order valence-corrected chi connectivity index (χ1v) is 11.1. The van der Waals surface area contributed by atoms with Crippen LogP contribution < -0.4 is 5.32 Å². The Bertz CT molecular complexity index is 1320.